The predicted molar refractivity (Wildman–Crippen MR) is 99.6 cm³/mol. The van der Waals surface area contributed by atoms with E-state index in [0.717, 1.165) is 30.6 Å². The van der Waals surface area contributed by atoms with Gasteiger partial charge < -0.3 is 15.1 Å². The number of amides is 2. The fraction of sp³-hybridized carbons (Fsp3) is 0.474. The number of carbonyl (C=O) groups excluding carboxylic acids is 2. The Kier molecular flexibility index (Phi) is 4.89. The summed E-state index contributed by atoms with van der Waals surface area (Å²) in [6, 6.07) is 7.98. The minimum atomic E-state index is -0.124. The quantitative estimate of drug-likeness (QED) is 0.858. The summed E-state index contributed by atoms with van der Waals surface area (Å²) < 4.78 is 1.63. The fourth-order valence-corrected chi connectivity index (χ4v) is 3.82. The number of benzene rings is 1. The number of nitrogens with zero attached hydrogens (tertiary/aromatic N) is 5. The average molecular weight is 368 g/mol. The number of hydrogen-bond acceptors (Lipinski definition) is 5. The van der Waals surface area contributed by atoms with Crippen LogP contribution in [0.5, 0.6) is 0 Å². The molecule has 3 heterocycles. The number of rotatable bonds is 3. The second-order valence-electron chi connectivity index (χ2n) is 7.20. The highest BCUT2D eigenvalue weighted by molar-refractivity contribution is 5.92. The van der Waals surface area contributed by atoms with Crippen LogP contribution in [0.4, 0.5) is 0 Å². The van der Waals surface area contributed by atoms with Crippen LogP contribution in [0.1, 0.15) is 28.9 Å². The summed E-state index contributed by atoms with van der Waals surface area (Å²) in [5, 5.41) is 11.3. The molecule has 27 heavy (non-hydrogen) atoms. The summed E-state index contributed by atoms with van der Waals surface area (Å²) >= 11 is 0. The molecule has 1 aromatic heterocycles. The number of piperidine rings is 1. The second kappa shape index (κ2) is 7.48. The van der Waals surface area contributed by atoms with Gasteiger partial charge in [0.15, 0.2) is 5.69 Å². The van der Waals surface area contributed by atoms with Crippen molar-refractivity contribution >= 4 is 11.8 Å². The van der Waals surface area contributed by atoms with Crippen LogP contribution >= 0.6 is 0 Å². The van der Waals surface area contributed by atoms with Crippen LogP contribution in [0.15, 0.2) is 30.5 Å². The molecule has 4 rings (SSSR count). The van der Waals surface area contributed by atoms with Crippen molar-refractivity contribution in [1.82, 2.24) is 30.1 Å². The van der Waals surface area contributed by atoms with E-state index in [9.17, 15) is 9.59 Å². The lowest BCUT2D eigenvalue weighted by Crippen LogP contribution is -2.57. The molecule has 8 heteroatoms. The van der Waals surface area contributed by atoms with Crippen molar-refractivity contribution in [3.8, 4) is 5.69 Å². The molecule has 0 radical (unpaired) electrons. The van der Waals surface area contributed by atoms with Crippen LogP contribution in [-0.4, -0.2) is 75.4 Å². The lowest BCUT2D eigenvalue weighted by Gasteiger charge is -2.40. The maximum Gasteiger partial charge on any atom is 0.276 e. The van der Waals surface area contributed by atoms with Crippen LogP contribution in [0.3, 0.4) is 0 Å². The molecule has 2 amide bonds. The highest BCUT2D eigenvalue weighted by Gasteiger charge is 2.32. The monoisotopic (exact) mass is 368 g/mol. The first kappa shape index (κ1) is 17.7. The molecular formula is C19H24N6O2. The van der Waals surface area contributed by atoms with E-state index in [-0.39, 0.29) is 17.9 Å². The van der Waals surface area contributed by atoms with Crippen molar-refractivity contribution in [1.29, 1.82) is 0 Å². The van der Waals surface area contributed by atoms with E-state index in [2.05, 4.69) is 15.6 Å². The summed E-state index contributed by atoms with van der Waals surface area (Å²) in [5.74, 6) is -0.00729. The fourth-order valence-electron chi connectivity index (χ4n) is 3.82. The zero-order valence-corrected chi connectivity index (χ0v) is 15.5. The lowest BCUT2D eigenvalue weighted by atomic mass is 10.0. The minimum Gasteiger partial charge on any atom is -0.336 e. The van der Waals surface area contributed by atoms with Crippen LogP contribution in [0.25, 0.3) is 5.69 Å². The Morgan fingerprint density at radius 1 is 1.30 bits per heavy atom. The van der Waals surface area contributed by atoms with Crippen LogP contribution in [-0.2, 0) is 4.79 Å². The largest absolute Gasteiger partial charge is 0.336 e. The summed E-state index contributed by atoms with van der Waals surface area (Å²) in [7, 11) is 0. The molecule has 0 saturated carbocycles. The van der Waals surface area contributed by atoms with Gasteiger partial charge in [-0.3, -0.25) is 9.59 Å². The van der Waals surface area contributed by atoms with Gasteiger partial charge in [-0.15, -0.1) is 5.10 Å². The number of aromatic nitrogens is 3. The number of aryl methyl sites for hydroxylation is 1. The van der Waals surface area contributed by atoms with Crippen molar-refractivity contribution in [3.63, 3.8) is 0 Å². The summed E-state index contributed by atoms with van der Waals surface area (Å²) in [4.78, 5) is 28.8. The number of likely N-dealkylation sites (tertiary alicyclic amines) is 1. The molecule has 1 unspecified atom stereocenters. The van der Waals surface area contributed by atoms with Crippen molar-refractivity contribution in [2.75, 3.05) is 32.7 Å². The molecule has 142 valence electrons. The van der Waals surface area contributed by atoms with Crippen molar-refractivity contribution in [2.45, 2.75) is 25.8 Å². The molecule has 2 aliphatic rings. The Morgan fingerprint density at radius 3 is 3.00 bits per heavy atom. The highest BCUT2D eigenvalue weighted by Crippen LogP contribution is 2.19. The smallest absolute Gasteiger partial charge is 0.276 e. The SMILES string of the molecule is Cc1cccc(-n2cc(C(=O)N3CCCC(N4CCNCC4=O)C3)nn2)c1. The van der Waals surface area contributed by atoms with Gasteiger partial charge in [0.25, 0.3) is 5.91 Å². The van der Waals surface area contributed by atoms with Crippen molar-refractivity contribution < 1.29 is 9.59 Å². The molecule has 0 bridgehead atoms. The van der Waals surface area contributed by atoms with Gasteiger partial charge in [-0.05, 0) is 37.5 Å². The molecule has 0 aliphatic carbocycles. The highest BCUT2D eigenvalue weighted by atomic mass is 16.2. The van der Waals surface area contributed by atoms with Crippen LogP contribution < -0.4 is 5.32 Å². The predicted octanol–water partition coefficient (Wildman–Crippen LogP) is 0.612. The molecule has 2 aromatic rings. The topological polar surface area (TPSA) is 83.4 Å². The Bertz CT molecular complexity index is 848. The zero-order valence-electron chi connectivity index (χ0n) is 15.5. The summed E-state index contributed by atoms with van der Waals surface area (Å²) in [6.07, 6.45) is 3.50. The third-order valence-corrected chi connectivity index (χ3v) is 5.23. The molecule has 1 atom stereocenters. The van der Waals surface area contributed by atoms with E-state index in [1.165, 1.54) is 0 Å². The normalized spacial score (nSPS) is 20.8. The first-order chi connectivity index (χ1) is 13.1. The first-order valence-electron chi connectivity index (χ1n) is 9.40. The van der Waals surface area contributed by atoms with E-state index >= 15 is 0 Å². The van der Waals surface area contributed by atoms with Crippen LogP contribution in [0, 0.1) is 6.92 Å². The molecular weight excluding hydrogens is 344 g/mol. The third kappa shape index (κ3) is 3.71. The molecule has 2 fully saturated rings. The average Bonchev–Trinajstić information content (AvgIpc) is 3.18. The number of nitrogens with one attached hydrogen (secondary N) is 1. The standard InChI is InChI=1S/C19H24N6O2/c1-14-4-2-5-15(10-14)25-13-17(21-22-25)19(27)23-8-3-6-16(12-23)24-9-7-20-11-18(24)26/h2,4-5,10,13,16,20H,3,6-9,11-12H2,1H3. The van der Waals surface area contributed by atoms with E-state index in [4.69, 9.17) is 0 Å². The maximum absolute atomic E-state index is 12.9. The van der Waals surface area contributed by atoms with Gasteiger partial charge in [-0.1, -0.05) is 17.3 Å². The van der Waals surface area contributed by atoms with E-state index in [0.29, 0.717) is 31.9 Å². The third-order valence-electron chi connectivity index (χ3n) is 5.23. The minimum absolute atomic E-state index is 0.0871. The van der Waals surface area contributed by atoms with Gasteiger partial charge in [0.05, 0.1) is 18.4 Å². The van der Waals surface area contributed by atoms with Gasteiger partial charge in [0.2, 0.25) is 5.91 Å². The molecule has 1 aromatic carbocycles. The molecule has 2 saturated heterocycles. The maximum atomic E-state index is 12.9. The van der Waals surface area contributed by atoms with Gasteiger partial charge in [0.1, 0.15) is 0 Å². The Morgan fingerprint density at radius 2 is 2.19 bits per heavy atom. The Labute approximate surface area is 158 Å². The van der Waals surface area contributed by atoms with E-state index < -0.39 is 0 Å². The van der Waals surface area contributed by atoms with Gasteiger partial charge in [-0.2, -0.15) is 0 Å². The molecule has 1 N–H and O–H groups in total. The van der Waals surface area contributed by atoms with Gasteiger partial charge in [-0.25, -0.2) is 4.68 Å². The first-order valence-corrected chi connectivity index (χ1v) is 9.40. The second-order valence-corrected chi connectivity index (χ2v) is 7.20. The van der Waals surface area contributed by atoms with E-state index in [1.54, 1.807) is 15.8 Å². The van der Waals surface area contributed by atoms with Crippen molar-refractivity contribution in [3.05, 3.63) is 41.7 Å². The molecule has 0 spiro atoms. The van der Waals surface area contributed by atoms with Gasteiger partial charge in [0, 0.05) is 32.2 Å². The van der Waals surface area contributed by atoms with Gasteiger partial charge >= 0.3 is 0 Å². The molecule has 2 aliphatic heterocycles. The lowest BCUT2D eigenvalue weighted by molar-refractivity contribution is -0.135. The van der Waals surface area contributed by atoms with Crippen LogP contribution in [0.2, 0.25) is 0 Å². The molecule has 8 nitrogen and oxygen atoms in total. The zero-order chi connectivity index (χ0) is 18.8. The Hall–Kier alpha value is -2.74. The van der Waals surface area contributed by atoms with Crippen molar-refractivity contribution in [2.24, 2.45) is 0 Å². The number of hydrogen-bond donors (Lipinski definition) is 1. The van der Waals surface area contributed by atoms with E-state index in [1.807, 2.05) is 36.1 Å². The summed E-state index contributed by atoms with van der Waals surface area (Å²) in [6.45, 7) is 5.15. The Balaban J connectivity index is 1.47. The number of piperazine rings is 1. The summed E-state index contributed by atoms with van der Waals surface area (Å²) in [5.41, 5.74) is 2.34. The number of carbonyl (C=O) groups is 2.